The van der Waals surface area contributed by atoms with Gasteiger partial charge in [-0.2, -0.15) is 0 Å². The average molecular weight is 506 g/mol. The van der Waals surface area contributed by atoms with E-state index in [-0.39, 0.29) is 12.2 Å². The zero-order valence-corrected chi connectivity index (χ0v) is 15.6. The number of benzene rings is 1. The predicted molar refractivity (Wildman–Crippen MR) is 86.2 cm³/mol. The quantitative estimate of drug-likeness (QED) is 0.229. The molecule has 0 spiro atoms. The van der Waals surface area contributed by atoms with Crippen molar-refractivity contribution in [1.29, 1.82) is 0 Å². The Labute approximate surface area is 140 Å². The van der Waals surface area contributed by atoms with Crippen LogP contribution in [0.2, 0.25) is 0 Å². The Hall–Kier alpha value is 0.640. The summed E-state index contributed by atoms with van der Waals surface area (Å²) in [7, 11) is 0. The summed E-state index contributed by atoms with van der Waals surface area (Å²) in [6, 6.07) is 1.92. The monoisotopic (exact) mass is 502 g/mol. The first-order valence-electron chi connectivity index (χ1n) is 5.26. The van der Waals surface area contributed by atoms with Gasteiger partial charge in [0.1, 0.15) is 18.5 Å². The molecule has 1 aliphatic heterocycles. The molecule has 1 heterocycles. The molecule has 1 aromatic carbocycles. The molecule has 18 heavy (non-hydrogen) atoms. The maximum atomic E-state index is 5.77. The van der Waals surface area contributed by atoms with Crippen LogP contribution in [0.3, 0.4) is 0 Å². The Balaban J connectivity index is 2.00. The number of ether oxygens (including phenoxy) is 2. The molecule has 2 unspecified atom stereocenters. The second-order valence-electron chi connectivity index (χ2n) is 3.85. The lowest BCUT2D eigenvalue weighted by atomic mass is 10.2. The highest BCUT2D eigenvalue weighted by atomic mass is 79.9. The van der Waals surface area contributed by atoms with Crippen LogP contribution in [-0.4, -0.2) is 18.8 Å². The van der Waals surface area contributed by atoms with E-state index in [2.05, 4.69) is 70.3 Å². The predicted octanol–water partition coefficient (Wildman–Crippen LogP) is 5.46. The van der Waals surface area contributed by atoms with E-state index in [1.807, 2.05) is 12.1 Å². The molecule has 98 valence electrons. The van der Waals surface area contributed by atoms with Gasteiger partial charge in [-0.05, 0) is 76.2 Å². The van der Waals surface area contributed by atoms with Gasteiger partial charge in [0, 0.05) is 8.95 Å². The first-order valence-corrected chi connectivity index (χ1v) is 8.44. The summed E-state index contributed by atoms with van der Waals surface area (Å²) < 4.78 is 14.9. The molecule has 1 fully saturated rings. The lowest BCUT2D eigenvalue weighted by molar-refractivity contribution is 0.259. The number of rotatable bonds is 5. The molecule has 0 radical (unpaired) electrons. The van der Waals surface area contributed by atoms with Crippen molar-refractivity contribution in [3.63, 3.8) is 0 Å². The molecule has 0 amide bonds. The average Bonchev–Trinajstić information content (AvgIpc) is 3.08. The molecule has 6 heteroatoms. The van der Waals surface area contributed by atoms with Crippen molar-refractivity contribution >= 4 is 63.7 Å². The minimum atomic E-state index is 0.177. The second kappa shape index (κ2) is 6.39. The van der Waals surface area contributed by atoms with Gasteiger partial charge in [0.2, 0.25) is 0 Å². The molecule has 2 atom stereocenters. The van der Waals surface area contributed by atoms with Gasteiger partial charge in [-0.1, -0.05) is 6.08 Å². The molecule has 2 rings (SSSR count). The van der Waals surface area contributed by atoms with Crippen LogP contribution in [0.15, 0.2) is 36.6 Å². The maximum absolute atomic E-state index is 5.77. The van der Waals surface area contributed by atoms with Gasteiger partial charge in [-0.15, -0.1) is 6.58 Å². The lowest BCUT2D eigenvalue weighted by Crippen LogP contribution is -2.07. The Morgan fingerprint density at radius 3 is 2.56 bits per heavy atom. The van der Waals surface area contributed by atoms with E-state index in [0.29, 0.717) is 6.61 Å². The smallest absolute Gasteiger partial charge is 0.135 e. The summed E-state index contributed by atoms with van der Waals surface area (Å²) in [4.78, 5) is 0. The van der Waals surface area contributed by atoms with Crippen molar-refractivity contribution in [3.05, 3.63) is 36.6 Å². The topological polar surface area (TPSA) is 21.8 Å². The van der Waals surface area contributed by atoms with Crippen LogP contribution < -0.4 is 4.74 Å². The van der Waals surface area contributed by atoms with Gasteiger partial charge in [-0.25, -0.2) is 0 Å². The molecule has 0 aliphatic carbocycles. The second-order valence-corrected chi connectivity index (χ2v) is 7.08. The summed E-state index contributed by atoms with van der Waals surface area (Å²) in [6.07, 6.45) is 3.19. The molecular weight excluding hydrogens is 496 g/mol. The van der Waals surface area contributed by atoms with Crippen molar-refractivity contribution in [1.82, 2.24) is 0 Å². The van der Waals surface area contributed by atoms with Crippen molar-refractivity contribution in [2.75, 3.05) is 6.61 Å². The first-order chi connectivity index (χ1) is 8.54. The van der Waals surface area contributed by atoms with Gasteiger partial charge < -0.3 is 9.47 Å². The summed E-state index contributed by atoms with van der Waals surface area (Å²) in [5.41, 5.74) is 0. The Morgan fingerprint density at radius 1 is 1.17 bits per heavy atom. The third-order valence-corrected chi connectivity index (χ3v) is 7.18. The fraction of sp³-hybridized carbons (Fsp3) is 0.333. The number of hydrogen-bond donors (Lipinski definition) is 0. The van der Waals surface area contributed by atoms with E-state index in [0.717, 1.165) is 30.1 Å². The van der Waals surface area contributed by atoms with E-state index in [1.165, 1.54) is 0 Å². The van der Waals surface area contributed by atoms with Crippen LogP contribution in [0.5, 0.6) is 5.75 Å². The Morgan fingerprint density at radius 2 is 1.89 bits per heavy atom. The Kier molecular flexibility index (Phi) is 5.34. The van der Waals surface area contributed by atoms with Gasteiger partial charge in [0.15, 0.2) is 0 Å². The first kappa shape index (κ1) is 15.0. The van der Waals surface area contributed by atoms with E-state index in [1.54, 1.807) is 0 Å². The lowest BCUT2D eigenvalue weighted by Gasteiger charge is -2.11. The van der Waals surface area contributed by atoms with Gasteiger partial charge in [0.05, 0.1) is 15.0 Å². The number of epoxide rings is 1. The molecule has 0 aromatic heterocycles. The summed E-state index contributed by atoms with van der Waals surface area (Å²) in [6.45, 7) is 4.25. The van der Waals surface area contributed by atoms with Gasteiger partial charge in [0.25, 0.3) is 0 Å². The molecule has 1 aromatic rings. The highest BCUT2D eigenvalue weighted by molar-refractivity contribution is 9.15. The summed E-state index contributed by atoms with van der Waals surface area (Å²) >= 11 is 13.9. The van der Waals surface area contributed by atoms with Crippen molar-refractivity contribution in [3.8, 4) is 5.75 Å². The standard InChI is InChI=1S/C12H10Br4O2/c1-2-3-7-9(18-7)5-17-8-4-6(13)10(14)12(16)11(8)15/h2,4,7,9H,1,3,5H2. The van der Waals surface area contributed by atoms with E-state index in [9.17, 15) is 0 Å². The molecule has 0 bridgehead atoms. The molecule has 1 aliphatic rings. The van der Waals surface area contributed by atoms with Crippen LogP contribution in [0.25, 0.3) is 0 Å². The van der Waals surface area contributed by atoms with Gasteiger partial charge >= 0.3 is 0 Å². The minimum Gasteiger partial charge on any atom is -0.490 e. The third kappa shape index (κ3) is 3.39. The summed E-state index contributed by atoms with van der Waals surface area (Å²) in [5.74, 6) is 0.782. The zero-order valence-electron chi connectivity index (χ0n) is 9.26. The molecule has 2 nitrogen and oxygen atoms in total. The normalized spacial score (nSPS) is 21.8. The minimum absolute atomic E-state index is 0.177. The third-order valence-electron chi connectivity index (χ3n) is 2.56. The van der Waals surface area contributed by atoms with Crippen LogP contribution in [0.1, 0.15) is 6.42 Å². The highest BCUT2D eigenvalue weighted by Crippen LogP contribution is 2.43. The fourth-order valence-electron chi connectivity index (χ4n) is 1.53. The molecule has 1 saturated heterocycles. The van der Waals surface area contributed by atoms with Crippen molar-refractivity contribution in [2.24, 2.45) is 0 Å². The van der Waals surface area contributed by atoms with E-state index >= 15 is 0 Å². The molecule has 0 N–H and O–H groups in total. The summed E-state index contributed by atoms with van der Waals surface area (Å²) in [5, 5.41) is 0. The van der Waals surface area contributed by atoms with Crippen LogP contribution in [0.4, 0.5) is 0 Å². The number of hydrogen-bond acceptors (Lipinski definition) is 2. The van der Waals surface area contributed by atoms with Crippen molar-refractivity contribution < 1.29 is 9.47 Å². The van der Waals surface area contributed by atoms with E-state index in [4.69, 9.17) is 9.47 Å². The maximum Gasteiger partial charge on any atom is 0.135 e. The zero-order chi connectivity index (χ0) is 13.3. The van der Waals surface area contributed by atoms with Gasteiger partial charge in [-0.3, -0.25) is 0 Å². The molecular formula is C12H10Br4O2. The van der Waals surface area contributed by atoms with Crippen molar-refractivity contribution in [2.45, 2.75) is 18.6 Å². The largest absolute Gasteiger partial charge is 0.490 e. The van der Waals surface area contributed by atoms with Crippen LogP contribution in [0, 0.1) is 0 Å². The van der Waals surface area contributed by atoms with Crippen LogP contribution in [-0.2, 0) is 4.74 Å². The number of halogens is 4. The molecule has 0 saturated carbocycles. The fourth-order valence-corrected chi connectivity index (χ4v) is 3.61. The van der Waals surface area contributed by atoms with E-state index < -0.39 is 0 Å². The SMILES string of the molecule is C=CCC1OC1COc1cc(Br)c(Br)c(Br)c1Br. The highest BCUT2D eigenvalue weighted by Gasteiger charge is 2.38. The Bertz CT molecular complexity index is 476. The van der Waals surface area contributed by atoms with Crippen LogP contribution >= 0.6 is 63.7 Å².